The van der Waals surface area contributed by atoms with Crippen molar-refractivity contribution in [1.29, 1.82) is 0 Å². The number of hydrogen-bond donors (Lipinski definition) is 1. The van der Waals surface area contributed by atoms with Gasteiger partial charge in [-0.2, -0.15) is 0 Å². The smallest absolute Gasteiger partial charge is 0.307 e. The highest BCUT2D eigenvalue weighted by Gasteiger charge is 2.28. The number of halogens is 2. The van der Waals surface area contributed by atoms with E-state index in [1.807, 2.05) is 0 Å². The number of carbonyl (C=O) groups is 1. The summed E-state index contributed by atoms with van der Waals surface area (Å²) < 4.78 is 2.16. The molecule has 1 aromatic heterocycles. The Labute approximate surface area is 115 Å². The Bertz CT molecular complexity index is 388. The van der Waals surface area contributed by atoms with E-state index in [2.05, 4.69) is 42.8 Å². The van der Waals surface area contributed by atoms with E-state index in [0.717, 1.165) is 27.8 Å². The maximum atomic E-state index is 10.8. The lowest BCUT2D eigenvalue weighted by molar-refractivity contribution is -0.141. The maximum absolute atomic E-state index is 10.8. The molecule has 2 heterocycles. The molecular weight excluding hydrogens is 358 g/mol. The Kier molecular flexibility index (Phi) is 4.05. The van der Waals surface area contributed by atoms with Crippen molar-refractivity contribution in [2.45, 2.75) is 13.0 Å². The number of carboxylic acids is 1. The summed E-state index contributed by atoms with van der Waals surface area (Å²) in [5.74, 6) is -0.858. The van der Waals surface area contributed by atoms with Crippen LogP contribution in [0.2, 0.25) is 0 Å². The summed E-state index contributed by atoms with van der Waals surface area (Å²) in [7, 11) is 0. The molecule has 88 valence electrons. The van der Waals surface area contributed by atoms with Crippen LogP contribution in [0.3, 0.4) is 0 Å². The fourth-order valence-electron chi connectivity index (χ4n) is 1.87. The molecule has 0 spiro atoms. The predicted octanol–water partition coefficient (Wildman–Crippen LogP) is 3.18. The van der Waals surface area contributed by atoms with Gasteiger partial charge in [0.15, 0.2) is 0 Å². The first kappa shape index (κ1) is 12.5. The van der Waals surface area contributed by atoms with Gasteiger partial charge in [-0.3, -0.25) is 9.69 Å². The molecule has 1 fully saturated rings. The molecule has 1 saturated heterocycles. The molecule has 3 nitrogen and oxygen atoms in total. The zero-order valence-electron chi connectivity index (χ0n) is 8.45. The average Bonchev–Trinajstić information content (AvgIpc) is 2.76. The topological polar surface area (TPSA) is 40.5 Å². The standard InChI is InChI=1S/C10H11Br2NO2S/c11-8-3-7(16-9(8)12)5-13-2-1-6(4-13)10(14)15/h3,6H,1-2,4-5H2,(H,14,15). The van der Waals surface area contributed by atoms with Crippen molar-refractivity contribution in [3.8, 4) is 0 Å². The monoisotopic (exact) mass is 367 g/mol. The molecule has 0 radical (unpaired) electrons. The Balaban J connectivity index is 1.94. The van der Waals surface area contributed by atoms with Crippen molar-refractivity contribution in [1.82, 2.24) is 4.90 Å². The third-order valence-corrected chi connectivity index (χ3v) is 5.94. The zero-order chi connectivity index (χ0) is 11.7. The van der Waals surface area contributed by atoms with E-state index in [1.165, 1.54) is 4.88 Å². The number of hydrogen-bond acceptors (Lipinski definition) is 3. The van der Waals surface area contributed by atoms with Crippen LogP contribution in [0, 0.1) is 5.92 Å². The molecule has 16 heavy (non-hydrogen) atoms. The van der Waals surface area contributed by atoms with Gasteiger partial charge in [0, 0.05) is 22.4 Å². The summed E-state index contributed by atoms with van der Waals surface area (Å²) in [5, 5.41) is 8.91. The summed E-state index contributed by atoms with van der Waals surface area (Å²) in [6.45, 7) is 2.39. The third kappa shape index (κ3) is 2.85. The summed E-state index contributed by atoms with van der Waals surface area (Å²) in [5.41, 5.74) is 0. The van der Waals surface area contributed by atoms with E-state index >= 15 is 0 Å². The number of aliphatic carboxylic acids is 1. The van der Waals surface area contributed by atoms with Crippen LogP contribution in [0.25, 0.3) is 0 Å². The predicted molar refractivity (Wildman–Crippen MR) is 70.7 cm³/mol. The molecule has 1 aliphatic heterocycles. The Morgan fingerprint density at radius 2 is 2.38 bits per heavy atom. The van der Waals surface area contributed by atoms with Gasteiger partial charge in [-0.15, -0.1) is 11.3 Å². The van der Waals surface area contributed by atoms with Crippen LogP contribution in [-0.4, -0.2) is 29.1 Å². The van der Waals surface area contributed by atoms with Gasteiger partial charge in [-0.1, -0.05) is 0 Å². The molecule has 0 amide bonds. The van der Waals surface area contributed by atoms with E-state index in [4.69, 9.17) is 5.11 Å². The molecule has 0 aliphatic carbocycles. The molecule has 1 unspecified atom stereocenters. The largest absolute Gasteiger partial charge is 0.481 e. The lowest BCUT2D eigenvalue weighted by Crippen LogP contribution is -2.22. The van der Waals surface area contributed by atoms with E-state index in [0.29, 0.717) is 6.54 Å². The van der Waals surface area contributed by atoms with E-state index in [-0.39, 0.29) is 5.92 Å². The van der Waals surface area contributed by atoms with Gasteiger partial charge in [0.1, 0.15) is 0 Å². The molecular formula is C10H11Br2NO2S. The molecule has 0 aromatic carbocycles. The minimum Gasteiger partial charge on any atom is -0.481 e. The van der Waals surface area contributed by atoms with Crippen LogP contribution in [0.5, 0.6) is 0 Å². The summed E-state index contributed by atoms with van der Waals surface area (Å²) >= 11 is 8.60. The zero-order valence-corrected chi connectivity index (χ0v) is 12.4. The van der Waals surface area contributed by atoms with Crippen molar-refractivity contribution in [2.24, 2.45) is 5.92 Å². The fourth-order valence-corrected chi connectivity index (χ4v) is 4.09. The highest BCUT2D eigenvalue weighted by molar-refractivity contribution is 9.13. The highest BCUT2D eigenvalue weighted by Crippen LogP contribution is 2.33. The number of likely N-dealkylation sites (tertiary alicyclic amines) is 1. The number of rotatable bonds is 3. The molecule has 1 atom stereocenters. The van der Waals surface area contributed by atoms with Crippen LogP contribution in [0.1, 0.15) is 11.3 Å². The quantitative estimate of drug-likeness (QED) is 0.890. The minimum absolute atomic E-state index is 0.188. The molecule has 1 aliphatic rings. The van der Waals surface area contributed by atoms with Crippen molar-refractivity contribution >= 4 is 49.2 Å². The first-order valence-corrected chi connectivity index (χ1v) is 7.35. The Morgan fingerprint density at radius 3 is 2.88 bits per heavy atom. The molecule has 1 aromatic rings. The van der Waals surface area contributed by atoms with Gasteiger partial charge in [0.2, 0.25) is 0 Å². The minimum atomic E-state index is -0.670. The first-order chi connectivity index (χ1) is 7.56. The number of nitrogens with zero attached hydrogens (tertiary/aromatic N) is 1. The summed E-state index contributed by atoms with van der Waals surface area (Å²) in [6.07, 6.45) is 0.767. The van der Waals surface area contributed by atoms with Crippen LogP contribution in [-0.2, 0) is 11.3 Å². The average molecular weight is 369 g/mol. The lowest BCUT2D eigenvalue weighted by Gasteiger charge is -2.13. The van der Waals surface area contributed by atoms with E-state index in [9.17, 15) is 4.79 Å². The van der Waals surface area contributed by atoms with Crippen molar-refractivity contribution in [3.05, 3.63) is 19.2 Å². The second-order valence-electron chi connectivity index (χ2n) is 3.89. The first-order valence-electron chi connectivity index (χ1n) is 4.95. The van der Waals surface area contributed by atoms with E-state index in [1.54, 1.807) is 11.3 Å². The second-order valence-corrected chi connectivity index (χ2v) is 7.20. The van der Waals surface area contributed by atoms with Crippen LogP contribution in [0.15, 0.2) is 14.3 Å². The summed E-state index contributed by atoms with van der Waals surface area (Å²) in [6, 6.07) is 2.09. The molecule has 6 heteroatoms. The molecule has 2 rings (SSSR count). The van der Waals surface area contributed by atoms with Gasteiger partial charge < -0.3 is 5.11 Å². The van der Waals surface area contributed by atoms with Gasteiger partial charge in [0.25, 0.3) is 0 Å². The third-order valence-electron chi connectivity index (χ3n) is 2.70. The fraction of sp³-hybridized carbons (Fsp3) is 0.500. The van der Waals surface area contributed by atoms with E-state index < -0.39 is 5.97 Å². The van der Waals surface area contributed by atoms with Crippen LogP contribution >= 0.6 is 43.2 Å². The van der Waals surface area contributed by atoms with Gasteiger partial charge in [0.05, 0.1) is 9.70 Å². The number of thiophene rings is 1. The Morgan fingerprint density at radius 1 is 1.62 bits per heavy atom. The second kappa shape index (κ2) is 5.16. The van der Waals surface area contributed by atoms with Gasteiger partial charge in [-0.05, 0) is 50.9 Å². The van der Waals surface area contributed by atoms with Gasteiger partial charge in [-0.25, -0.2) is 0 Å². The normalized spacial score (nSPS) is 21.5. The van der Waals surface area contributed by atoms with Gasteiger partial charge >= 0.3 is 5.97 Å². The molecule has 1 N–H and O–H groups in total. The van der Waals surface area contributed by atoms with Crippen molar-refractivity contribution in [3.63, 3.8) is 0 Å². The van der Waals surface area contributed by atoms with Crippen LogP contribution < -0.4 is 0 Å². The number of carboxylic acid groups (broad SMARTS) is 1. The maximum Gasteiger partial charge on any atom is 0.307 e. The molecule has 0 saturated carbocycles. The van der Waals surface area contributed by atoms with Crippen molar-refractivity contribution in [2.75, 3.05) is 13.1 Å². The summed E-state index contributed by atoms with van der Waals surface area (Å²) in [4.78, 5) is 14.3. The SMILES string of the molecule is O=C(O)C1CCN(Cc2cc(Br)c(Br)s2)C1. The van der Waals surface area contributed by atoms with Crippen molar-refractivity contribution < 1.29 is 9.90 Å². The van der Waals surface area contributed by atoms with Crippen LogP contribution in [0.4, 0.5) is 0 Å². The lowest BCUT2D eigenvalue weighted by atomic mass is 10.1. The highest BCUT2D eigenvalue weighted by atomic mass is 79.9. The molecule has 0 bridgehead atoms. The Hall–Kier alpha value is 0.0900.